The van der Waals surface area contributed by atoms with Gasteiger partial charge < -0.3 is 10.2 Å². The van der Waals surface area contributed by atoms with Gasteiger partial charge in [0.1, 0.15) is 0 Å². The van der Waals surface area contributed by atoms with E-state index in [1.54, 1.807) is 12.4 Å². The van der Waals surface area contributed by atoms with Crippen molar-refractivity contribution in [3.05, 3.63) is 48.8 Å². The minimum absolute atomic E-state index is 0.0472. The molecule has 0 bridgehead atoms. The van der Waals surface area contributed by atoms with Gasteiger partial charge in [-0.25, -0.2) is 4.79 Å². The van der Waals surface area contributed by atoms with E-state index in [-0.39, 0.29) is 6.03 Å². The van der Waals surface area contributed by atoms with E-state index < -0.39 is 0 Å². The van der Waals surface area contributed by atoms with Gasteiger partial charge in [0.05, 0.1) is 5.69 Å². The van der Waals surface area contributed by atoms with Crippen LogP contribution >= 0.6 is 11.8 Å². The van der Waals surface area contributed by atoms with E-state index in [1.807, 2.05) is 60.1 Å². The van der Waals surface area contributed by atoms with Crippen LogP contribution in [0.25, 0.3) is 11.1 Å². The summed E-state index contributed by atoms with van der Waals surface area (Å²) in [7, 11) is 1.88. The van der Waals surface area contributed by atoms with Gasteiger partial charge in [0, 0.05) is 36.8 Å². The second kappa shape index (κ2) is 6.83. The zero-order valence-electron chi connectivity index (χ0n) is 12.5. The fourth-order valence-corrected chi connectivity index (χ4v) is 3.84. The summed E-state index contributed by atoms with van der Waals surface area (Å²) in [5.74, 6) is 2.16. The van der Waals surface area contributed by atoms with Crippen LogP contribution in [0.15, 0.2) is 48.8 Å². The van der Waals surface area contributed by atoms with Crippen molar-refractivity contribution in [2.45, 2.75) is 12.5 Å². The van der Waals surface area contributed by atoms with E-state index in [2.05, 4.69) is 10.3 Å². The Balaban J connectivity index is 1.79. The number of rotatable bonds is 3. The first-order valence-electron chi connectivity index (χ1n) is 7.36. The Hall–Kier alpha value is -2.01. The number of hydrogen-bond acceptors (Lipinski definition) is 3. The van der Waals surface area contributed by atoms with Crippen LogP contribution in [-0.2, 0) is 0 Å². The molecule has 1 aromatic carbocycles. The van der Waals surface area contributed by atoms with E-state index in [4.69, 9.17) is 0 Å². The molecule has 1 fully saturated rings. The molecule has 5 heteroatoms. The smallest absolute Gasteiger partial charge is 0.321 e. The minimum Gasteiger partial charge on any atom is -0.324 e. The summed E-state index contributed by atoms with van der Waals surface area (Å²) in [5.41, 5.74) is 2.88. The van der Waals surface area contributed by atoms with E-state index in [9.17, 15) is 4.79 Å². The maximum Gasteiger partial charge on any atom is 0.321 e. The van der Waals surface area contributed by atoms with Gasteiger partial charge in [-0.2, -0.15) is 11.8 Å². The SMILES string of the molecule is CN(C(=O)Nc1ccccc1-c1ccncc1)[C@@H]1CCSC1. The summed E-state index contributed by atoms with van der Waals surface area (Å²) in [4.78, 5) is 18.3. The van der Waals surface area contributed by atoms with Crippen LogP contribution in [0.5, 0.6) is 0 Å². The van der Waals surface area contributed by atoms with E-state index in [1.165, 1.54) is 0 Å². The number of nitrogens with one attached hydrogen (secondary N) is 1. The number of amides is 2. The molecule has 114 valence electrons. The molecular weight excluding hydrogens is 294 g/mol. The van der Waals surface area contributed by atoms with Gasteiger partial charge in [-0.3, -0.25) is 4.98 Å². The van der Waals surface area contributed by atoms with Crippen LogP contribution in [0.1, 0.15) is 6.42 Å². The molecule has 3 rings (SSSR count). The van der Waals surface area contributed by atoms with Gasteiger partial charge >= 0.3 is 6.03 Å². The molecule has 1 saturated heterocycles. The van der Waals surface area contributed by atoms with Crippen LogP contribution in [-0.4, -0.2) is 40.5 Å². The lowest BCUT2D eigenvalue weighted by Crippen LogP contribution is -2.39. The van der Waals surface area contributed by atoms with Gasteiger partial charge in [-0.05, 0) is 35.9 Å². The van der Waals surface area contributed by atoms with Gasteiger partial charge in [-0.1, -0.05) is 18.2 Å². The molecule has 0 radical (unpaired) electrons. The molecule has 1 N–H and O–H groups in total. The molecule has 22 heavy (non-hydrogen) atoms. The van der Waals surface area contributed by atoms with Crippen molar-refractivity contribution >= 4 is 23.5 Å². The number of hydrogen-bond donors (Lipinski definition) is 1. The highest BCUT2D eigenvalue weighted by molar-refractivity contribution is 7.99. The summed E-state index contributed by atoms with van der Waals surface area (Å²) in [6.45, 7) is 0. The predicted molar refractivity (Wildman–Crippen MR) is 92.2 cm³/mol. The second-order valence-corrected chi connectivity index (χ2v) is 6.49. The monoisotopic (exact) mass is 313 g/mol. The van der Waals surface area contributed by atoms with Crippen LogP contribution in [0.3, 0.4) is 0 Å². The Labute approximate surface area is 134 Å². The number of para-hydroxylation sites is 1. The number of nitrogens with zero attached hydrogens (tertiary/aromatic N) is 2. The third-order valence-electron chi connectivity index (χ3n) is 3.93. The highest BCUT2D eigenvalue weighted by Gasteiger charge is 2.24. The molecular formula is C17H19N3OS. The minimum atomic E-state index is -0.0472. The highest BCUT2D eigenvalue weighted by atomic mass is 32.2. The average Bonchev–Trinajstić information content (AvgIpc) is 3.10. The molecule has 1 aliphatic heterocycles. The Bertz CT molecular complexity index is 641. The van der Waals surface area contributed by atoms with Crippen molar-refractivity contribution in [3.8, 4) is 11.1 Å². The first-order valence-corrected chi connectivity index (χ1v) is 8.52. The summed E-state index contributed by atoms with van der Waals surface area (Å²) in [6, 6.07) is 12.0. The number of carbonyl (C=O) groups excluding carboxylic acids is 1. The topological polar surface area (TPSA) is 45.2 Å². The zero-order chi connectivity index (χ0) is 15.4. The molecule has 1 aliphatic rings. The van der Waals surface area contributed by atoms with Crippen LogP contribution in [0, 0.1) is 0 Å². The number of pyridine rings is 1. The molecule has 0 spiro atoms. The number of thioether (sulfide) groups is 1. The van der Waals surface area contributed by atoms with Crippen molar-refractivity contribution in [1.29, 1.82) is 0 Å². The van der Waals surface area contributed by atoms with Gasteiger partial charge in [0.15, 0.2) is 0 Å². The van der Waals surface area contributed by atoms with Gasteiger partial charge in [0.25, 0.3) is 0 Å². The fraction of sp³-hybridized carbons (Fsp3) is 0.294. The molecule has 2 amide bonds. The third kappa shape index (κ3) is 3.25. The van der Waals surface area contributed by atoms with Crippen LogP contribution < -0.4 is 5.32 Å². The number of carbonyl (C=O) groups is 1. The van der Waals surface area contributed by atoms with Crippen molar-refractivity contribution in [2.24, 2.45) is 0 Å². The summed E-state index contributed by atoms with van der Waals surface area (Å²) < 4.78 is 0. The number of urea groups is 1. The maximum atomic E-state index is 12.5. The lowest BCUT2D eigenvalue weighted by Gasteiger charge is -2.24. The van der Waals surface area contributed by atoms with Gasteiger partial charge in [-0.15, -0.1) is 0 Å². The van der Waals surface area contributed by atoms with Crippen LogP contribution in [0.2, 0.25) is 0 Å². The molecule has 1 aromatic heterocycles. The Kier molecular flexibility index (Phi) is 4.63. The van der Waals surface area contributed by atoms with Crippen molar-refractivity contribution in [2.75, 3.05) is 23.9 Å². The molecule has 4 nitrogen and oxygen atoms in total. The molecule has 0 unspecified atom stereocenters. The van der Waals surface area contributed by atoms with Crippen molar-refractivity contribution in [1.82, 2.24) is 9.88 Å². The van der Waals surface area contributed by atoms with E-state index in [0.29, 0.717) is 6.04 Å². The first kappa shape index (κ1) is 14.9. The Morgan fingerprint density at radius 1 is 1.27 bits per heavy atom. The molecule has 0 saturated carbocycles. The number of anilines is 1. The normalized spacial score (nSPS) is 17.2. The standard InChI is InChI=1S/C17H19N3OS/c1-20(14-8-11-22-12-14)17(21)19-16-5-3-2-4-15(16)13-6-9-18-10-7-13/h2-7,9-10,14H,8,11-12H2,1H3,(H,19,21)/t14-/m1/s1. The van der Waals surface area contributed by atoms with E-state index >= 15 is 0 Å². The maximum absolute atomic E-state index is 12.5. The highest BCUT2D eigenvalue weighted by Crippen LogP contribution is 2.28. The van der Waals surface area contributed by atoms with Crippen molar-refractivity contribution in [3.63, 3.8) is 0 Å². The summed E-state index contributed by atoms with van der Waals surface area (Å²) in [6.07, 6.45) is 4.59. The molecule has 2 aromatic rings. The van der Waals surface area contributed by atoms with E-state index in [0.717, 1.165) is 34.7 Å². The number of benzene rings is 1. The van der Waals surface area contributed by atoms with Crippen LogP contribution in [0.4, 0.5) is 10.5 Å². The zero-order valence-corrected chi connectivity index (χ0v) is 13.3. The van der Waals surface area contributed by atoms with Gasteiger partial charge in [0.2, 0.25) is 0 Å². The molecule has 1 atom stereocenters. The lowest BCUT2D eigenvalue weighted by atomic mass is 10.1. The third-order valence-corrected chi connectivity index (χ3v) is 5.08. The predicted octanol–water partition coefficient (Wildman–Crippen LogP) is 3.72. The molecule has 0 aliphatic carbocycles. The molecule has 2 heterocycles. The van der Waals surface area contributed by atoms with Crippen molar-refractivity contribution < 1.29 is 4.79 Å². The first-order chi connectivity index (χ1) is 10.8. The quantitative estimate of drug-likeness (QED) is 0.939. The second-order valence-electron chi connectivity index (χ2n) is 5.34. The summed E-state index contributed by atoms with van der Waals surface area (Å²) >= 11 is 1.91. The Morgan fingerprint density at radius 2 is 2.05 bits per heavy atom. The lowest BCUT2D eigenvalue weighted by molar-refractivity contribution is 0.209. The fourth-order valence-electron chi connectivity index (χ4n) is 2.57. The largest absolute Gasteiger partial charge is 0.324 e. The average molecular weight is 313 g/mol. The summed E-state index contributed by atoms with van der Waals surface area (Å²) in [5, 5.41) is 3.04. The Morgan fingerprint density at radius 3 is 2.77 bits per heavy atom. The number of aromatic nitrogens is 1.